The topological polar surface area (TPSA) is 76.1 Å². The number of carbonyl (C=O) groups excluding carboxylic acids is 1. The summed E-state index contributed by atoms with van der Waals surface area (Å²) in [6, 6.07) is 14.6. The van der Waals surface area contributed by atoms with E-state index in [-0.39, 0.29) is 6.42 Å². The molecule has 2 rings (SSSR count). The lowest BCUT2D eigenvalue weighted by molar-refractivity contribution is -0.136. The van der Waals surface area contributed by atoms with E-state index in [1.165, 1.54) is 7.11 Å². The molecule has 6 heteroatoms. The molecule has 6 nitrogen and oxygen atoms in total. The second-order valence-electron chi connectivity index (χ2n) is 5.64. The van der Waals surface area contributed by atoms with E-state index in [1.54, 1.807) is 12.1 Å². The third kappa shape index (κ3) is 5.24. The Balaban J connectivity index is 2.28. The molecule has 0 radical (unpaired) electrons. The maximum Gasteiger partial charge on any atom is 0.338 e. The van der Waals surface area contributed by atoms with E-state index < -0.39 is 11.9 Å². The van der Waals surface area contributed by atoms with Gasteiger partial charge in [0.15, 0.2) is 0 Å². The van der Waals surface area contributed by atoms with Crippen LogP contribution in [-0.2, 0) is 16.1 Å². The second kappa shape index (κ2) is 9.46. The van der Waals surface area contributed by atoms with E-state index in [0.29, 0.717) is 25.3 Å². The lowest BCUT2D eigenvalue weighted by Crippen LogP contribution is -2.26. The van der Waals surface area contributed by atoms with E-state index >= 15 is 0 Å². The van der Waals surface area contributed by atoms with E-state index in [1.807, 2.05) is 48.2 Å². The number of carboxylic acids is 1. The summed E-state index contributed by atoms with van der Waals surface area (Å²) in [6.07, 6.45) is -0.00635. The van der Waals surface area contributed by atoms with Gasteiger partial charge in [0.05, 0.1) is 25.7 Å². The summed E-state index contributed by atoms with van der Waals surface area (Å²) in [6.45, 7) is 3.21. The van der Waals surface area contributed by atoms with Gasteiger partial charge in [0.1, 0.15) is 5.75 Å². The van der Waals surface area contributed by atoms with Crippen molar-refractivity contribution >= 4 is 17.6 Å². The quantitative estimate of drug-likeness (QED) is 0.694. The first-order chi connectivity index (χ1) is 12.5. The minimum atomic E-state index is -0.873. The summed E-state index contributed by atoms with van der Waals surface area (Å²) in [7, 11) is 1.34. The van der Waals surface area contributed by atoms with Gasteiger partial charge >= 0.3 is 11.9 Å². The van der Waals surface area contributed by atoms with Crippen LogP contribution in [-0.4, -0.2) is 37.3 Å². The number of benzene rings is 2. The highest BCUT2D eigenvalue weighted by atomic mass is 16.5. The molecule has 2 aromatic rings. The molecule has 0 heterocycles. The Morgan fingerprint density at radius 2 is 1.77 bits per heavy atom. The van der Waals surface area contributed by atoms with Crippen molar-refractivity contribution in [3.05, 3.63) is 59.7 Å². The predicted octanol–water partition coefficient (Wildman–Crippen LogP) is 3.35. The van der Waals surface area contributed by atoms with Crippen molar-refractivity contribution in [1.82, 2.24) is 0 Å². The van der Waals surface area contributed by atoms with E-state index in [2.05, 4.69) is 0 Å². The van der Waals surface area contributed by atoms with Crippen molar-refractivity contribution in [2.75, 3.05) is 25.2 Å². The number of ether oxygens (including phenoxy) is 2. The molecule has 0 aliphatic carbocycles. The van der Waals surface area contributed by atoms with Crippen LogP contribution < -0.4 is 9.64 Å². The number of anilines is 1. The lowest BCUT2D eigenvalue weighted by Gasteiger charge is -2.25. The summed E-state index contributed by atoms with van der Waals surface area (Å²) >= 11 is 0. The molecule has 0 saturated carbocycles. The Bertz CT molecular complexity index is 742. The first-order valence-corrected chi connectivity index (χ1v) is 8.41. The van der Waals surface area contributed by atoms with Gasteiger partial charge in [0, 0.05) is 18.8 Å². The SMILES string of the molecule is CCOc1ccc(N(CCC(=O)O)Cc2ccccc2C(=O)OC)cc1. The zero-order chi connectivity index (χ0) is 18.9. The van der Waals surface area contributed by atoms with Crippen molar-refractivity contribution < 1.29 is 24.2 Å². The predicted molar refractivity (Wildman–Crippen MR) is 98.7 cm³/mol. The van der Waals surface area contributed by atoms with Crippen molar-refractivity contribution in [3.63, 3.8) is 0 Å². The summed E-state index contributed by atoms with van der Waals surface area (Å²) in [5.74, 6) is -0.530. The van der Waals surface area contributed by atoms with Crippen molar-refractivity contribution in [3.8, 4) is 5.75 Å². The van der Waals surface area contributed by atoms with Crippen LogP contribution in [0.25, 0.3) is 0 Å². The molecule has 0 saturated heterocycles. The molecule has 138 valence electrons. The number of aliphatic carboxylic acids is 1. The smallest absolute Gasteiger partial charge is 0.338 e. The van der Waals surface area contributed by atoms with Crippen LogP contribution in [0.1, 0.15) is 29.3 Å². The number of rotatable bonds is 9. The number of esters is 1. The number of carbonyl (C=O) groups is 2. The summed E-state index contributed by atoms with van der Waals surface area (Å²) in [4.78, 5) is 24.9. The van der Waals surface area contributed by atoms with Crippen LogP contribution >= 0.6 is 0 Å². The molecule has 1 N–H and O–H groups in total. The second-order valence-corrected chi connectivity index (χ2v) is 5.64. The standard InChI is InChI=1S/C20H23NO5/c1-3-26-17-10-8-16(9-11-17)21(13-12-19(22)23)14-15-6-4-5-7-18(15)20(24)25-2/h4-11H,3,12-14H2,1-2H3,(H,22,23). The van der Waals surface area contributed by atoms with E-state index in [4.69, 9.17) is 14.6 Å². The van der Waals surface area contributed by atoms with Crippen molar-refractivity contribution in [2.24, 2.45) is 0 Å². The molecule has 0 unspecified atom stereocenters. The number of hydrogen-bond donors (Lipinski definition) is 1. The Morgan fingerprint density at radius 1 is 1.08 bits per heavy atom. The molecular formula is C20H23NO5. The highest BCUT2D eigenvalue weighted by Gasteiger charge is 2.16. The fourth-order valence-electron chi connectivity index (χ4n) is 2.62. The Labute approximate surface area is 153 Å². The third-order valence-electron chi connectivity index (χ3n) is 3.89. The zero-order valence-electron chi connectivity index (χ0n) is 15.0. The van der Waals surface area contributed by atoms with Gasteiger partial charge in [-0.1, -0.05) is 18.2 Å². The maximum atomic E-state index is 12.0. The van der Waals surface area contributed by atoms with Gasteiger partial charge in [-0.3, -0.25) is 4.79 Å². The largest absolute Gasteiger partial charge is 0.494 e. The average molecular weight is 357 g/mol. The monoisotopic (exact) mass is 357 g/mol. The molecule has 0 aliphatic heterocycles. The molecule has 0 amide bonds. The summed E-state index contributed by atoms with van der Waals surface area (Å²) in [5, 5.41) is 9.05. The Hall–Kier alpha value is -3.02. The lowest BCUT2D eigenvalue weighted by atomic mass is 10.1. The molecule has 0 spiro atoms. The molecule has 0 bridgehead atoms. The van der Waals surface area contributed by atoms with Crippen LogP contribution in [0.5, 0.6) is 5.75 Å². The molecular weight excluding hydrogens is 334 g/mol. The normalized spacial score (nSPS) is 10.2. The summed E-state index contributed by atoms with van der Waals surface area (Å²) < 4.78 is 10.3. The van der Waals surface area contributed by atoms with Gasteiger partial charge in [-0.05, 0) is 42.8 Å². The third-order valence-corrected chi connectivity index (χ3v) is 3.89. The number of carboxylic acid groups (broad SMARTS) is 1. The first kappa shape index (κ1) is 19.3. The van der Waals surface area contributed by atoms with E-state index in [9.17, 15) is 9.59 Å². The Morgan fingerprint density at radius 3 is 2.38 bits per heavy atom. The fourth-order valence-corrected chi connectivity index (χ4v) is 2.62. The van der Waals surface area contributed by atoms with E-state index in [0.717, 1.165) is 17.0 Å². The van der Waals surface area contributed by atoms with Gasteiger partial charge in [-0.2, -0.15) is 0 Å². The Kier molecular flexibility index (Phi) is 7.02. The molecule has 0 fully saturated rings. The van der Waals surface area contributed by atoms with Crippen molar-refractivity contribution in [2.45, 2.75) is 19.9 Å². The van der Waals surface area contributed by atoms with Gasteiger partial charge in [-0.25, -0.2) is 4.79 Å². The van der Waals surface area contributed by atoms with Crippen LogP contribution in [0.3, 0.4) is 0 Å². The highest BCUT2D eigenvalue weighted by Crippen LogP contribution is 2.23. The highest BCUT2D eigenvalue weighted by molar-refractivity contribution is 5.91. The number of methoxy groups -OCH3 is 1. The summed E-state index contributed by atoms with van der Waals surface area (Å²) in [5.41, 5.74) is 2.11. The number of hydrogen-bond acceptors (Lipinski definition) is 5. The van der Waals surface area contributed by atoms with Crippen LogP contribution in [0, 0.1) is 0 Å². The van der Waals surface area contributed by atoms with Crippen LogP contribution in [0.4, 0.5) is 5.69 Å². The minimum Gasteiger partial charge on any atom is -0.494 e. The van der Waals surface area contributed by atoms with Gasteiger partial charge < -0.3 is 19.5 Å². The zero-order valence-corrected chi connectivity index (χ0v) is 15.0. The van der Waals surface area contributed by atoms with Crippen LogP contribution in [0.15, 0.2) is 48.5 Å². The maximum absolute atomic E-state index is 12.0. The van der Waals surface area contributed by atoms with Gasteiger partial charge in [0.2, 0.25) is 0 Å². The fraction of sp³-hybridized carbons (Fsp3) is 0.300. The van der Waals surface area contributed by atoms with Gasteiger partial charge in [-0.15, -0.1) is 0 Å². The minimum absolute atomic E-state index is 0.00635. The first-order valence-electron chi connectivity index (χ1n) is 8.41. The number of nitrogens with zero attached hydrogens (tertiary/aromatic N) is 1. The molecule has 0 aromatic heterocycles. The van der Waals surface area contributed by atoms with Crippen molar-refractivity contribution in [1.29, 1.82) is 0 Å². The van der Waals surface area contributed by atoms with Gasteiger partial charge in [0.25, 0.3) is 0 Å². The van der Waals surface area contributed by atoms with Crippen LogP contribution in [0.2, 0.25) is 0 Å². The average Bonchev–Trinajstić information content (AvgIpc) is 2.65. The molecule has 0 atom stereocenters. The molecule has 26 heavy (non-hydrogen) atoms. The molecule has 2 aromatic carbocycles. The molecule has 0 aliphatic rings.